The van der Waals surface area contributed by atoms with Gasteiger partial charge in [0.2, 0.25) is 10.0 Å². The topological polar surface area (TPSA) is 49.4 Å². The van der Waals surface area contributed by atoms with Crippen molar-refractivity contribution in [1.82, 2.24) is 9.62 Å². The Bertz CT molecular complexity index is 483. The van der Waals surface area contributed by atoms with Gasteiger partial charge in [-0.05, 0) is 24.1 Å². The van der Waals surface area contributed by atoms with Crippen molar-refractivity contribution in [3.63, 3.8) is 0 Å². The molecule has 102 valence electrons. The Kier molecular flexibility index (Phi) is 5.16. The molecule has 1 saturated heterocycles. The van der Waals surface area contributed by atoms with Crippen LogP contribution in [0.15, 0.2) is 29.2 Å². The lowest BCUT2D eigenvalue weighted by molar-refractivity contribution is 0.274. The quantitative estimate of drug-likeness (QED) is 0.908. The van der Waals surface area contributed by atoms with Gasteiger partial charge in [0.1, 0.15) is 0 Å². The normalized spacial score (nSPS) is 16.2. The lowest BCUT2D eigenvalue weighted by Crippen LogP contribution is -2.57. The Balaban J connectivity index is 0.00000162. The molecule has 0 bridgehead atoms. The largest absolute Gasteiger partial charge is 0.313 e. The molecule has 0 atom stereocenters. The van der Waals surface area contributed by atoms with Gasteiger partial charge in [-0.3, -0.25) is 0 Å². The van der Waals surface area contributed by atoms with Gasteiger partial charge in [-0.25, -0.2) is 8.42 Å². The van der Waals surface area contributed by atoms with E-state index in [0.29, 0.717) is 4.90 Å². The maximum Gasteiger partial charge on any atom is 0.243 e. The van der Waals surface area contributed by atoms with Crippen LogP contribution in [0.2, 0.25) is 0 Å². The van der Waals surface area contributed by atoms with Crippen LogP contribution in [0.4, 0.5) is 0 Å². The minimum Gasteiger partial charge on any atom is -0.313 e. The molecule has 1 aliphatic rings. The number of aryl methyl sites for hydroxylation is 1. The molecule has 0 radical (unpaired) electrons. The fourth-order valence-corrected chi connectivity index (χ4v) is 3.14. The first-order valence-electron chi connectivity index (χ1n) is 5.83. The monoisotopic (exact) mass is 290 g/mol. The van der Waals surface area contributed by atoms with E-state index in [1.807, 2.05) is 12.1 Å². The van der Waals surface area contributed by atoms with Gasteiger partial charge in [0.05, 0.1) is 4.90 Å². The Labute approximate surface area is 115 Å². The highest BCUT2D eigenvalue weighted by atomic mass is 35.5. The van der Waals surface area contributed by atoms with Gasteiger partial charge in [-0.2, -0.15) is 4.31 Å². The van der Waals surface area contributed by atoms with Crippen LogP contribution in [-0.2, 0) is 16.4 Å². The highest BCUT2D eigenvalue weighted by Crippen LogP contribution is 2.18. The van der Waals surface area contributed by atoms with Crippen LogP contribution >= 0.6 is 12.4 Å². The number of nitrogens with one attached hydrogen (secondary N) is 1. The van der Waals surface area contributed by atoms with Crippen LogP contribution < -0.4 is 5.32 Å². The number of likely N-dealkylation sites (N-methyl/N-ethyl adjacent to an activating group) is 1. The zero-order valence-electron chi connectivity index (χ0n) is 10.6. The molecule has 18 heavy (non-hydrogen) atoms. The van der Waals surface area contributed by atoms with Crippen molar-refractivity contribution in [3.05, 3.63) is 29.8 Å². The van der Waals surface area contributed by atoms with Gasteiger partial charge >= 0.3 is 0 Å². The molecule has 0 saturated carbocycles. The van der Waals surface area contributed by atoms with Crippen LogP contribution in [0.3, 0.4) is 0 Å². The number of hydrogen-bond acceptors (Lipinski definition) is 3. The molecule has 0 unspecified atom stereocenters. The number of hydrogen-bond donors (Lipinski definition) is 1. The summed E-state index contributed by atoms with van der Waals surface area (Å²) in [6, 6.07) is 7.22. The summed E-state index contributed by atoms with van der Waals surface area (Å²) in [6.07, 6.45) is 0.919. The lowest BCUT2D eigenvalue weighted by atomic mass is 10.2. The number of halogens is 1. The van der Waals surface area contributed by atoms with Gasteiger partial charge in [-0.15, -0.1) is 12.4 Å². The van der Waals surface area contributed by atoms with E-state index in [9.17, 15) is 8.42 Å². The van der Waals surface area contributed by atoms with Crippen molar-refractivity contribution in [2.75, 3.05) is 20.1 Å². The molecule has 4 nitrogen and oxygen atoms in total. The molecule has 1 fully saturated rings. The smallest absolute Gasteiger partial charge is 0.243 e. The van der Waals surface area contributed by atoms with Crippen LogP contribution in [0.25, 0.3) is 0 Å². The molecule has 0 aromatic heterocycles. The first-order chi connectivity index (χ1) is 8.05. The molecule has 2 rings (SSSR count). The average molecular weight is 291 g/mol. The van der Waals surface area contributed by atoms with E-state index in [1.54, 1.807) is 19.2 Å². The summed E-state index contributed by atoms with van der Waals surface area (Å²) in [5, 5.41) is 3.08. The van der Waals surface area contributed by atoms with E-state index < -0.39 is 10.0 Å². The summed E-state index contributed by atoms with van der Waals surface area (Å²) >= 11 is 0. The fraction of sp³-hybridized carbons (Fsp3) is 0.500. The van der Waals surface area contributed by atoms with Gasteiger partial charge in [0, 0.05) is 26.2 Å². The van der Waals surface area contributed by atoms with E-state index in [-0.39, 0.29) is 18.4 Å². The van der Waals surface area contributed by atoms with Gasteiger partial charge < -0.3 is 5.32 Å². The summed E-state index contributed by atoms with van der Waals surface area (Å²) in [4.78, 5) is 0.379. The highest BCUT2D eigenvalue weighted by molar-refractivity contribution is 7.89. The SMILES string of the molecule is CCc1ccc(S(=O)(=O)N(C)C2CNC2)cc1.Cl. The molecule has 0 aliphatic carbocycles. The zero-order chi connectivity index (χ0) is 12.5. The van der Waals surface area contributed by atoms with E-state index in [0.717, 1.165) is 25.1 Å². The third-order valence-corrected chi connectivity index (χ3v) is 5.21. The molecular weight excluding hydrogens is 272 g/mol. The number of rotatable bonds is 4. The predicted octanol–water partition coefficient (Wildman–Crippen LogP) is 1.26. The molecule has 1 heterocycles. The van der Waals surface area contributed by atoms with E-state index >= 15 is 0 Å². The summed E-state index contributed by atoms with van der Waals surface area (Å²) < 4.78 is 26.0. The maximum absolute atomic E-state index is 12.3. The Morgan fingerprint density at radius 3 is 2.22 bits per heavy atom. The van der Waals surface area contributed by atoms with Crippen molar-refractivity contribution in [3.8, 4) is 0 Å². The Morgan fingerprint density at radius 1 is 1.28 bits per heavy atom. The summed E-state index contributed by atoms with van der Waals surface area (Å²) in [7, 11) is -1.68. The van der Waals surface area contributed by atoms with E-state index in [4.69, 9.17) is 0 Å². The Morgan fingerprint density at radius 2 is 1.83 bits per heavy atom. The first kappa shape index (κ1) is 15.4. The number of nitrogens with zero attached hydrogens (tertiary/aromatic N) is 1. The molecule has 1 aliphatic heterocycles. The van der Waals surface area contributed by atoms with E-state index in [2.05, 4.69) is 12.2 Å². The predicted molar refractivity (Wildman–Crippen MR) is 74.7 cm³/mol. The third-order valence-electron chi connectivity index (χ3n) is 3.28. The zero-order valence-corrected chi connectivity index (χ0v) is 12.2. The van der Waals surface area contributed by atoms with Crippen molar-refractivity contribution in [2.45, 2.75) is 24.3 Å². The molecule has 0 spiro atoms. The van der Waals surface area contributed by atoms with Gasteiger partial charge in [0.25, 0.3) is 0 Å². The standard InChI is InChI=1S/C12H18N2O2S.ClH/c1-3-10-4-6-12(7-5-10)17(15,16)14(2)11-8-13-9-11;/h4-7,11,13H,3,8-9H2,1-2H3;1H. The summed E-state index contributed by atoms with van der Waals surface area (Å²) in [5.74, 6) is 0. The molecule has 1 aromatic carbocycles. The van der Waals surface area contributed by atoms with Crippen molar-refractivity contribution in [1.29, 1.82) is 0 Å². The van der Waals surface area contributed by atoms with Crippen LogP contribution in [0, 0.1) is 0 Å². The molecular formula is C12H19ClN2O2S. The summed E-state index contributed by atoms with van der Waals surface area (Å²) in [6.45, 7) is 3.53. The molecule has 1 N–H and O–H groups in total. The van der Waals surface area contributed by atoms with Gasteiger partial charge in [-0.1, -0.05) is 19.1 Å². The lowest BCUT2D eigenvalue weighted by Gasteiger charge is -2.34. The maximum atomic E-state index is 12.3. The second-order valence-corrected chi connectivity index (χ2v) is 6.33. The van der Waals surface area contributed by atoms with Crippen molar-refractivity contribution in [2.24, 2.45) is 0 Å². The average Bonchev–Trinajstić information content (AvgIpc) is 2.27. The van der Waals surface area contributed by atoms with Crippen molar-refractivity contribution < 1.29 is 8.42 Å². The number of sulfonamides is 1. The Hall–Kier alpha value is -0.620. The number of benzene rings is 1. The second-order valence-electron chi connectivity index (χ2n) is 4.33. The van der Waals surface area contributed by atoms with Crippen LogP contribution in [0.1, 0.15) is 12.5 Å². The molecule has 6 heteroatoms. The summed E-state index contributed by atoms with van der Waals surface area (Å²) in [5.41, 5.74) is 1.15. The molecule has 1 aromatic rings. The fourth-order valence-electron chi connectivity index (χ4n) is 1.79. The van der Waals surface area contributed by atoms with Gasteiger partial charge in [0.15, 0.2) is 0 Å². The van der Waals surface area contributed by atoms with Crippen LogP contribution in [-0.4, -0.2) is 38.9 Å². The minimum absolute atomic E-state index is 0. The van der Waals surface area contributed by atoms with Crippen molar-refractivity contribution >= 4 is 22.4 Å². The van der Waals surface area contributed by atoms with Crippen LogP contribution in [0.5, 0.6) is 0 Å². The first-order valence-corrected chi connectivity index (χ1v) is 7.27. The third kappa shape index (κ3) is 2.85. The van der Waals surface area contributed by atoms with E-state index in [1.165, 1.54) is 4.31 Å². The highest BCUT2D eigenvalue weighted by Gasteiger charge is 2.31. The second kappa shape index (κ2) is 6.02. The minimum atomic E-state index is -3.33. The molecule has 0 amide bonds.